The Labute approximate surface area is 270 Å². The molecule has 3 aromatic carbocycles. The third-order valence-electron chi connectivity index (χ3n) is 7.06. The summed E-state index contributed by atoms with van der Waals surface area (Å²) in [6.07, 6.45) is 6.99. The number of amides is 1. The topological polar surface area (TPSA) is 138 Å². The predicted octanol–water partition coefficient (Wildman–Crippen LogP) is 6.62. The summed E-state index contributed by atoms with van der Waals surface area (Å²) in [5.41, 5.74) is 11.0. The first kappa shape index (κ1) is 31.5. The highest BCUT2D eigenvalue weighted by Gasteiger charge is 2.20. The van der Waals surface area contributed by atoms with Crippen LogP contribution >= 0.6 is 11.3 Å². The summed E-state index contributed by atoms with van der Waals surface area (Å²) >= 11 is 1.21. The number of benzene rings is 3. The summed E-state index contributed by atoms with van der Waals surface area (Å²) in [4.78, 5) is 36.0. The Morgan fingerprint density at radius 3 is 2.24 bits per heavy atom. The van der Waals surface area contributed by atoms with E-state index in [2.05, 4.69) is 16.0 Å². The van der Waals surface area contributed by atoms with Gasteiger partial charge in [-0.3, -0.25) is 9.78 Å². The van der Waals surface area contributed by atoms with Crippen LogP contribution in [0.25, 0.3) is 10.4 Å². The number of pyridine rings is 1. The van der Waals surface area contributed by atoms with Crippen LogP contribution < -0.4 is 10.6 Å². The van der Waals surface area contributed by atoms with Crippen LogP contribution in [0, 0.1) is 11.3 Å². The number of nitriles is 1. The van der Waals surface area contributed by atoms with E-state index in [9.17, 15) is 14.7 Å². The van der Waals surface area contributed by atoms with E-state index in [1.165, 1.54) is 11.3 Å². The van der Waals surface area contributed by atoms with Crippen molar-refractivity contribution in [3.05, 3.63) is 161 Å². The lowest BCUT2D eigenvalue weighted by molar-refractivity contribution is 0.0702. The van der Waals surface area contributed by atoms with Gasteiger partial charge in [-0.05, 0) is 71.3 Å². The lowest BCUT2D eigenvalue weighted by atomic mass is 10.1. The van der Waals surface area contributed by atoms with Crippen molar-refractivity contribution in [1.29, 1.82) is 5.26 Å². The number of thiophene rings is 1. The zero-order chi connectivity index (χ0) is 32.3. The van der Waals surface area contributed by atoms with Gasteiger partial charge in [-0.25, -0.2) is 9.78 Å². The van der Waals surface area contributed by atoms with Gasteiger partial charge in [0, 0.05) is 47.8 Å². The van der Waals surface area contributed by atoms with Crippen LogP contribution in [0.1, 0.15) is 42.4 Å². The molecule has 0 aliphatic carbocycles. The molecule has 46 heavy (non-hydrogen) atoms. The van der Waals surface area contributed by atoms with E-state index in [0.717, 1.165) is 27.3 Å². The number of anilines is 1. The maximum Gasteiger partial charge on any atom is 0.345 e. The number of carboxylic acids is 1. The fourth-order valence-electron chi connectivity index (χ4n) is 4.61. The summed E-state index contributed by atoms with van der Waals surface area (Å²) in [6.45, 7) is 1.43. The van der Waals surface area contributed by atoms with Crippen molar-refractivity contribution in [3.8, 4) is 16.5 Å². The highest BCUT2D eigenvalue weighted by molar-refractivity contribution is 7.17. The Kier molecular flexibility index (Phi) is 10.4. The molecule has 6 aromatic rings. The number of carboxylic acid groups (broad SMARTS) is 1. The Morgan fingerprint density at radius 2 is 1.63 bits per heavy atom. The number of imidazole rings is 1. The first-order valence-corrected chi connectivity index (χ1v) is 15.1. The molecule has 0 saturated carbocycles. The number of hydrogen-bond acceptors (Lipinski definition) is 7. The number of nitrogens with two attached hydrogens (primary N) is 1. The third-order valence-corrected chi connectivity index (χ3v) is 8.18. The average Bonchev–Trinajstić information content (AvgIpc) is 3.79. The monoisotopic (exact) mass is 626 g/mol. The second-order valence-electron chi connectivity index (χ2n) is 10.2. The first-order valence-electron chi connectivity index (χ1n) is 14.3. The average molecular weight is 627 g/mol. The molecular formula is C36H30N6O3S. The number of carbonyl (C=O) groups is 2. The van der Waals surface area contributed by atoms with Gasteiger partial charge in [-0.15, -0.1) is 11.3 Å². The first-order chi connectivity index (χ1) is 22.4. The molecule has 3 aromatic heterocycles. The number of nitrogens with zero attached hydrogens (tertiary/aromatic N) is 5. The number of aromatic carboxylic acids is 1. The van der Waals surface area contributed by atoms with E-state index in [4.69, 9.17) is 11.0 Å². The zero-order valence-electron chi connectivity index (χ0n) is 24.7. The number of rotatable bonds is 9. The zero-order valence-corrected chi connectivity index (χ0v) is 25.5. The fraction of sp³-hybridized carbons (Fsp3) is 0.0833. The molecule has 1 amide bonds. The number of aromatic nitrogens is 3. The second-order valence-corrected chi connectivity index (χ2v) is 11.2. The van der Waals surface area contributed by atoms with Crippen molar-refractivity contribution in [2.24, 2.45) is 5.73 Å². The molecule has 0 fully saturated rings. The fourth-order valence-corrected chi connectivity index (χ4v) is 5.47. The van der Waals surface area contributed by atoms with Crippen LogP contribution in [0.5, 0.6) is 0 Å². The SMILES string of the molecule is N#Cc1ccc(Cn2cncc2CN(C(=O)c2ccccc2)c2ccc(-c3ccc(C(=O)O)s3)cc2)cc1.NCc1cccnc1. The van der Waals surface area contributed by atoms with Crippen molar-refractivity contribution in [1.82, 2.24) is 14.5 Å². The molecule has 10 heteroatoms. The van der Waals surface area contributed by atoms with Crippen molar-refractivity contribution in [2.75, 3.05) is 4.90 Å². The van der Waals surface area contributed by atoms with Crippen LogP contribution in [0.2, 0.25) is 0 Å². The van der Waals surface area contributed by atoms with Crippen molar-refractivity contribution < 1.29 is 14.7 Å². The molecule has 0 spiro atoms. The molecule has 6 rings (SSSR count). The van der Waals surface area contributed by atoms with Crippen LogP contribution in [-0.2, 0) is 19.6 Å². The summed E-state index contributed by atoms with van der Waals surface area (Å²) in [6, 6.07) is 33.4. The molecule has 0 atom stereocenters. The van der Waals surface area contributed by atoms with Gasteiger partial charge < -0.3 is 20.3 Å². The smallest absolute Gasteiger partial charge is 0.345 e. The van der Waals surface area contributed by atoms with Crippen LogP contribution in [0.3, 0.4) is 0 Å². The molecule has 228 valence electrons. The minimum atomic E-state index is -0.949. The molecule has 0 radical (unpaired) electrons. The van der Waals surface area contributed by atoms with Gasteiger partial charge >= 0.3 is 5.97 Å². The number of hydrogen-bond donors (Lipinski definition) is 2. The minimum absolute atomic E-state index is 0.145. The lowest BCUT2D eigenvalue weighted by Gasteiger charge is -2.24. The molecule has 0 bridgehead atoms. The molecule has 0 saturated heterocycles. The van der Waals surface area contributed by atoms with E-state index in [1.54, 1.807) is 66.2 Å². The van der Waals surface area contributed by atoms with Gasteiger partial charge in [0.25, 0.3) is 5.91 Å². The highest BCUT2D eigenvalue weighted by Crippen LogP contribution is 2.30. The standard InChI is InChI=1S/C30H22N4O3S.C6H8N2/c31-16-21-6-8-22(9-7-21)18-33-20-32-17-26(33)19-34(29(35)24-4-2-1-3-5-24)25-12-10-23(11-13-25)27-14-15-28(38-27)30(36)37;7-4-6-2-1-3-8-5-6/h1-15,17,20H,18-19H2,(H,36,37);1-3,5H,4,7H2. The molecule has 0 aliphatic rings. The Morgan fingerprint density at radius 1 is 0.870 bits per heavy atom. The Hall–Kier alpha value is -5.89. The molecule has 0 aliphatic heterocycles. The Bertz CT molecular complexity index is 1930. The van der Waals surface area contributed by atoms with E-state index >= 15 is 0 Å². The summed E-state index contributed by atoms with van der Waals surface area (Å²) in [5.74, 6) is -1.09. The predicted molar refractivity (Wildman–Crippen MR) is 178 cm³/mol. The van der Waals surface area contributed by atoms with E-state index < -0.39 is 5.97 Å². The van der Waals surface area contributed by atoms with Gasteiger partial charge in [0.1, 0.15) is 4.88 Å². The maximum absolute atomic E-state index is 13.6. The molecule has 9 nitrogen and oxygen atoms in total. The third kappa shape index (κ3) is 7.98. The van der Waals surface area contributed by atoms with Crippen LogP contribution in [0.4, 0.5) is 5.69 Å². The second kappa shape index (κ2) is 15.2. The van der Waals surface area contributed by atoms with Gasteiger partial charge in [-0.1, -0.05) is 48.5 Å². The quantitative estimate of drug-likeness (QED) is 0.184. The molecule has 3 N–H and O–H groups in total. The van der Waals surface area contributed by atoms with Crippen molar-refractivity contribution in [3.63, 3.8) is 0 Å². The normalized spacial score (nSPS) is 10.3. The van der Waals surface area contributed by atoms with E-state index in [1.807, 2.05) is 71.3 Å². The lowest BCUT2D eigenvalue weighted by Crippen LogP contribution is -2.31. The molecular weight excluding hydrogens is 597 g/mol. The minimum Gasteiger partial charge on any atom is -0.477 e. The van der Waals surface area contributed by atoms with Crippen LogP contribution in [0.15, 0.2) is 128 Å². The van der Waals surface area contributed by atoms with Crippen molar-refractivity contribution in [2.45, 2.75) is 19.6 Å². The van der Waals surface area contributed by atoms with Gasteiger partial charge in [0.05, 0.1) is 30.2 Å². The van der Waals surface area contributed by atoms with Gasteiger partial charge in [0.15, 0.2) is 0 Å². The summed E-state index contributed by atoms with van der Waals surface area (Å²) in [7, 11) is 0. The number of carbonyl (C=O) groups excluding carboxylic acids is 1. The summed E-state index contributed by atoms with van der Waals surface area (Å²) in [5, 5.41) is 18.3. The summed E-state index contributed by atoms with van der Waals surface area (Å²) < 4.78 is 1.99. The maximum atomic E-state index is 13.6. The van der Waals surface area contributed by atoms with E-state index in [-0.39, 0.29) is 10.8 Å². The highest BCUT2D eigenvalue weighted by atomic mass is 32.1. The molecule has 3 heterocycles. The van der Waals surface area contributed by atoms with Crippen molar-refractivity contribution >= 4 is 28.9 Å². The van der Waals surface area contributed by atoms with E-state index in [0.29, 0.717) is 36.4 Å². The van der Waals surface area contributed by atoms with Crippen LogP contribution in [-0.4, -0.2) is 31.5 Å². The molecule has 0 unspecified atom stereocenters. The van der Waals surface area contributed by atoms with Gasteiger partial charge in [0.2, 0.25) is 0 Å². The largest absolute Gasteiger partial charge is 0.477 e. The Balaban J connectivity index is 0.000000455. The van der Waals surface area contributed by atoms with Gasteiger partial charge in [-0.2, -0.15) is 5.26 Å².